The Hall–Kier alpha value is -0.870. The van der Waals surface area contributed by atoms with Gasteiger partial charge in [0.25, 0.3) is 0 Å². The molecule has 102 valence electrons. The van der Waals surface area contributed by atoms with Crippen LogP contribution in [0, 0.1) is 5.41 Å². The van der Waals surface area contributed by atoms with Crippen LogP contribution >= 0.6 is 0 Å². The first-order valence-electron chi connectivity index (χ1n) is 6.92. The molecule has 1 fully saturated rings. The highest BCUT2D eigenvalue weighted by Gasteiger charge is 2.29. The molecule has 0 amide bonds. The summed E-state index contributed by atoms with van der Waals surface area (Å²) in [6, 6.07) is 0. The van der Waals surface area contributed by atoms with E-state index in [1.807, 2.05) is 17.9 Å². The van der Waals surface area contributed by atoms with Crippen LogP contribution in [-0.2, 0) is 13.5 Å². The molecule has 0 aromatic carbocycles. The molecule has 1 N–H and O–H groups in total. The number of nitrogens with zero attached hydrogens (tertiary/aromatic N) is 3. The van der Waals surface area contributed by atoms with Crippen LogP contribution in [0.3, 0.4) is 0 Å². The molecule has 0 bridgehead atoms. The Kier molecular flexibility index (Phi) is 4.40. The largest absolute Gasteiger partial charge is 0.396 e. The Morgan fingerprint density at radius 2 is 2.33 bits per heavy atom. The molecule has 1 unspecified atom stereocenters. The molecule has 1 aliphatic heterocycles. The van der Waals surface area contributed by atoms with Crippen molar-refractivity contribution < 1.29 is 5.11 Å². The van der Waals surface area contributed by atoms with E-state index in [2.05, 4.69) is 23.1 Å². The molecule has 2 rings (SSSR count). The average molecular weight is 251 g/mol. The van der Waals surface area contributed by atoms with E-state index in [-0.39, 0.29) is 5.41 Å². The lowest BCUT2D eigenvalue weighted by Gasteiger charge is -2.39. The molecule has 0 spiro atoms. The van der Waals surface area contributed by atoms with Crippen molar-refractivity contribution in [2.24, 2.45) is 12.5 Å². The molecular weight excluding hydrogens is 226 g/mol. The van der Waals surface area contributed by atoms with Gasteiger partial charge in [-0.15, -0.1) is 0 Å². The molecule has 1 aliphatic rings. The number of aliphatic hydroxyl groups is 1. The fraction of sp³-hybridized carbons (Fsp3) is 0.786. The summed E-state index contributed by atoms with van der Waals surface area (Å²) in [6.07, 6.45) is 8.68. The Morgan fingerprint density at radius 1 is 1.50 bits per heavy atom. The number of likely N-dealkylation sites (tertiary alicyclic amines) is 1. The number of aliphatic hydroxyl groups excluding tert-OH is 1. The zero-order valence-corrected chi connectivity index (χ0v) is 11.6. The maximum atomic E-state index is 9.44. The normalized spacial score (nSPS) is 25.5. The van der Waals surface area contributed by atoms with E-state index in [9.17, 15) is 5.11 Å². The number of rotatable bonds is 5. The molecule has 1 atom stereocenters. The lowest BCUT2D eigenvalue weighted by molar-refractivity contribution is 0.0462. The second-order valence-corrected chi connectivity index (χ2v) is 5.97. The van der Waals surface area contributed by atoms with E-state index in [1.165, 1.54) is 24.9 Å². The highest BCUT2D eigenvalue weighted by Crippen LogP contribution is 2.28. The SMILES string of the molecule is Cn1cc(CCCN2CCCC(C)(CO)C2)cn1. The van der Waals surface area contributed by atoms with Gasteiger partial charge in [0.05, 0.1) is 6.20 Å². The van der Waals surface area contributed by atoms with Crippen molar-refractivity contribution in [1.29, 1.82) is 0 Å². The van der Waals surface area contributed by atoms with Gasteiger partial charge in [0, 0.05) is 31.8 Å². The van der Waals surface area contributed by atoms with E-state index in [1.54, 1.807) is 0 Å². The highest BCUT2D eigenvalue weighted by atomic mass is 16.3. The van der Waals surface area contributed by atoms with Gasteiger partial charge >= 0.3 is 0 Å². The van der Waals surface area contributed by atoms with Gasteiger partial charge in [-0.25, -0.2) is 0 Å². The summed E-state index contributed by atoms with van der Waals surface area (Å²) in [5.41, 5.74) is 1.44. The van der Waals surface area contributed by atoms with E-state index in [4.69, 9.17) is 0 Å². The molecule has 1 aromatic rings. The molecule has 0 saturated carbocycles. The van der Waals surface area contributed by atoms with Crippen LogP contribution in [0.15, 0.2) is 12.4 Å². The summed E-state index contributed by atoms with van der Waals surface area (Å²) < 4.78 is 1.86. The number of aromatic nitrogens is 2. The molecule has 1 aromatic heterocycles. The van der Waals surface area contributed by atoms with Gasteiger partial charge in [0.15, 0.2) is 0 Å². The summed E-state index contributed by atoms with van der Waals surface area (Å²) >= 11 is 0. The fourth-order valence-corrected chi connectivity index (χ4v) is 2.86. The minimum atomic E-state index is 0.118. The van der Waals surface area contributed by atoms with Gasteiger partial charge in [-0.3, -0.25) is 4.68 Å². The molecule has 1 saturated heterocycles. The molecule has 4 nitrogen and oxygen atoms in total. The van der Waals surface area contributed by atoms with Crippen molar-refractivity contribution in [2.75, 3.05) is 26.2 Å². The van der Waals surface area contributed by atoms with Crippen molar-refractivity contribution in [1.82, 2.24) is 14.7 Å². The summed E-state index contributed by atoms with van der Waals surface area (Å²) in [7, 11) is 1.96. The Bertz CT molecular complexity index is 377. The minimum Gasteiger partial charge on any atom is -0.396 e. The minimum absolute atomic E-state index is 0.118. The Balaban J connectivity index is 1.73. The Labute approximate surface area is 110 Å². The van der Waals surface area contributed by atoms with Gasteiger partial charge in [0.1, 0.15) is 0 Å². The average Bonchev–Trinajstić information content (AvgIpc) is 2.75. The van der Waals surface area contributed by atoms with Crippen LogP contribution < -0.4 is 0 Å². The number of hydrogen-bond donors (Lipinski definition) is 1. The fourth-order valence-electron chi connectivity index (χ4n) is 2.86. The lowest BCUT2D eigenvalue weighted by Crippen LogP contribution is -2.43. The predicted octanol–water partition coefficient (Wildman–Crippen LogP) is 1.45. The number of aryl methyl sites for hydroxylation is 2. The van der Waals surface area contributed by atoms with Gasteiger partial charge in [0.2, 0.25) is 0 Å². The monoisotopic (exact) mass is 251 g/mol. The summed E-state index contributed by atoms with van der Waals surface area (Å²) in [5, 5.41) is 13.6. The summed E-state index contributed by atoms with van der Waals surface area (Å²) in [4.78, 5) is 2.50. The van der Waals surface area contributed by atoms with Crippen LogP contribution in [0.1, 0.15) is 31.7 Å². The van der Waals surface area contributed by atoms with Crippen molar-refractivity contribution in [3.05, 3.63) is 18.0 Å². The third-order valence-electron chi connectivity index (χ3n) is 3.94. The number of piperidine rings is 1. The molecule has 0 aliphatic carbocycles. The smallest absolute Gasteiger partial charge is 0.0521 e. The van der Waals surface area contributed by atoms with Crippen LogP contribution in [0.25, 0.3) is 0 Å². The first-order valence-corrected chi connectivity index (χ1v) is 6.92. The highest BCUT2D eigenvalue weighted by molar-refractivity contribution is 5.03. The second-order valence-electron chi connectivity index (χ2n) is 5.97. The number of hydrogen-bond acceptors (Lipinski definition) is 3. The molecular formula is C14H25N3O. The third kappa shape index (κ3) is 3.56. The van der Waals surface area contributed by atoms with E-state index in [0.717, 1.165) is 25.9 Å². The van der Waals surface area contributed by atoms with E-state index < -0.39 is 0 Å². The molecule has 0 radical (unpaired) electrons. The predicted molar refractivity (Wildman–Crippen MR) is 72.4 cm³/mol. The Morgan fingerprint density at radius 3 is 3.00 bits per heavy atom. The lowest BCUT2D eigenvalue weighted by atomic mass is 9.83. The van der Waals surface area contributed by atoms with E-state index >= 15 is 0 Å². The first kappa shape index (κ1) is 13.6. The quantitative estimate of drug-likeness (QED) is 0.861. The standard InChI is InChI=1S/C14H25N3O/c1-14(12-18)6-4-8-17(11-14)7-3-5-13-9-15-16(2)10-13/h9-10,18H,3-8,11-12H2,1-2H3. The summed E-state index contributed by atoms with van der Waals surface area (Å²) in [6.45, 7) is 5.86. The second kappa shape index (κ2) is 5.85. The van der Waals surface area contributed by atoms with Gasteiger partial charge in [-0.1, -0.05) is 6.92 Å². The van der Waals surface area contributed by atoms with Crippen molar-refractivity contribution in [3.8, 4) is 0 Å². The van der Waals surface area contributed by atoms with Crippen LogP contribution in [-0.4, -0.2) is 46.0 Å². The maximum Gasteiger partial charge on any atom is 0.0521 e. The molecule has 2 heterocycles. The van der Waals surface area contributed by atoms with Crippen LogP contribution in [0.4, 0.5) is 0 Å². The van der Waals surface area contributed by atoms with Crippen molar-refractivity contribution in [3.63, 3.8) is 0 Å². The van der Waals surface area contributed by atoms with Gasteiger partial charge in [-0.05, 0) is 44.3 Å². The first-order chi connectivity index (χ1) is 8.61. The topological polar surface area (TPSA) is 41.3 Å². The van der Waals surface area contributed by atoms with E-state index in [0.29, 0.717) is 6.61 Å². The van der Waals surface area contributed by atoms with Gasteiger partial charge < -0.3 is 10.0 Å². The van der Waals surface area contributed by atoms with Gasteiger partial charge in [-0.2, -0.15) is 5.10 Å². The maximum absolute atomic E-state index is 9.44. The molecule has 18 heavy (non-hydrogen) atoms. The summed E-state index contributed by atoms with van der Waals surface area (Å²) in [5.74, 6) is 0. The zero-order chi connectivity index (χ0) is 13.0. The van der Waals surface area contributed by atoms with Crippen LogP contribution in [0.5, 0.6) is 0 Å². The molecule has 4 heteroatoms. The van der Waals surface area contributed by atoms with Crippen molar-refractivity contribution in [2.45, 2.75) is 32.6 Å². The third-order valence-corrected chi connectivity index (χ3v) is 3.94. The zero-order valence-electron chi connectivity index (χ0n) is 11.6. The van der Waals surface area contributed by atoms with Crippen LogP contribution in [0.2, 0.25) is 0 Å². The van der Waals surface area contributed by atoms with Crippen molar-refractivity contribution >= 4 is 0 Å².